The molecule has 2 saturated heterocycles. The summed E-state index contributed by atoms with van der Waals surface area (Å²) in [5.41, 5.74) is 3.86. The van der Waals surface area contributed by atoms with Gasteiger partial charge in [0.1, 0.15) is 5.75 Å². The van der Waals surface area contributed by atoms with E-state index in [1.807, 2.05) is 59.5 Å². The topological polar surface area (TPSA) is 80.3 Å². The van der Waals surface area contributed by atoms with Gasteiger partial charge >= 0.3 is 12.0 Å². The molecule has 224 valence electrons. The van der Waals surface area contributed by atoms with E-state index in [9.17, 15) is 9.59 Å². The molecule has 8 nitrogen and oxygen atoms in total. The van der Waals surface area contributed by atoms with Gasteiger partial charge in [0.2, 0.25) is 0 Å². The molecular weight excluding hydrogens is 542 g/mol. The maximum atomic E-state index is 13.4. The fraction of sp³-hybridized carbons (Fsp3) is 0.371. The fourth-order valence-electron chi connectivity index (χ4n) is 5.90. The number of nitrogens with one attached hydrogen (secondary N) is 1. The highest BCUT2D eigenvalue weighted by Gasteiger charge is 2.50. The molecule has 0 aromatic heterocycles. The molecule has 3 aromatic carbocycles. The lowest BCUT2D eigenvalue weighted by Crippen LogP contribution is -2.68. The Labute approximate surface area is 253 Å². The van der Waals surface area contributed by atoms with Crippen molar-refractivity contribution in [2.45, 2.75) is 37.3 Å². The van der Waals surface area contributed by atoms with Gasteiger partial charge in [-0.2, -0.15) is 0 Å². The van der Waals surface area contributed by atoms with Gasteiger partial charge in [0.05, 0.1) is 33.9 Å². The lowest BCUT2D eigenvalue weighted by atomic mass is 9.74. The number of methoxy groups -OCH3 is 2. The Morgan fingerprint density at radius 2 is 1.58 bits per heavy atom. The smallest absolute Gasteiger partial charge is 0.321 e. The quantitative estimate of drug-likeness (QED) is 0.226. The van der Waals surface area contributed by atoms with Gasteiger partial charge in [-0.3, -0.25) is 9.69 Å². The first-order chi connectivity index (χ1) is 21.1. The first kappa shape index (κ1) is 30.1. The van der Waals surface area contributed by atoms with E-state index < -0.39 is 0 Å². The summed E-state index contributed by atoms with van der Waals surface area (Å²) in [7, 11) is 3.01. The second-order valence-electron chi connectivity index (χ2n) is 10.8. The largest absolute Gasteiger partial charge is 0.497 e. The van der Waals surface area contributed by atoms with Crippen LogP contribution >= 0.6 is 0 Å². The molecule has 2 aliphatic rings. The van der Waals surface area contributed by atoms with Crippen molar-refractivity contribution < 1.29 is 23.8 Å². The summed E-state index contributed by atoms with van der Waals surface area (Å²) in [6, 6.07) is 26.0. The number of rotatable bonds is 8. The predicted octanol–water partition coefficient (Wildman–Crippen LogP) is 5.14. The van der Waals surface area contributed by atoms with Crippen molar-refractivity contribution >= 4 is 17.7 Å². The van der Waals surface area contributed by atoms with Crippen LogP contribution in [0.2, 0.25) is 0 Å². The van der Waals surface area contributed by atoms with Crippen molar-refractivity contribution in [2.24, 2.45) is 0 Å². The number of hydrogen-bond donors (Lipinski definition) is 1. The SMILES string of the molecule is COC(=O)CCOC[C@@H]1[C@H](c2ccc(C#Cc3ccccc3)cc2)[C@@H]2CN(C(=O)Nc3ccc(OC)cc3)CCCCN12. The summed E-state index contributed by atoms with van der Waals surface area (Å²) in [5.74, 6) is 7.12. The number of benzene rings is 3. The number of carbonyl (C=O) groups is 2. The molecule has 2 amide bonds. The summed E-state index contributed by atoms with van der Waals surface area (Å²) < 4.78 is 16.0. The minimum absolute atomic E-state index is 0.102. The summed E-state index contributed by atoms with van der Waals surface area (Å²) in [6.45, 7) is 3.08. The number of urea groups is 1. The van der Waals surface area contributed by atoms with E-state index in [2.05, 4.69) is 46.3 Å². The summed E-state index contributed by atoms with van der Waals surface area (Å²) in [5, 5.41) is 3.06. The number of esters is 1. The predicted molar refractivity (Wildman–Crippen MR) is 166 cm³/mol. The maximum Gasteiger partial charge on any atom is 0.321 e. The van der Waals surface area contributed by atoms with Crippen molar-refractivity contribution in [3.8, 4) is 17.6 Å². The monoisotopic (exact) mass is 581 g/mol. The Hall–Kier alpha value is -4.32. The Kier molecular flexibility index (Phi) is 10.3. The standard InChI is InChI=1S/C35H39N3O5/c1-41-30-18-16-29(17-19-30)36-35(40)37-21-6-7-22-38-31(24-37)34(32(38)25-43-23-20-33(39)42-2)28-14-12-27(13-15-28)11-10-26-8-4-3-5-9-26/h3-5,8-9,12-19,31-32,34H,6-7,20-25H2,1-2H3,(H,36,40)/t31-,32+,34+/m0/s1. The van der Waals surface area contributed by atoms with Crippen LogP contribution in [0.25, 0.3) is 0 Å². The van der Waals surface area contributed by atoms with Crippen LogP contribution in [0.1, 0.15) is 41.9 Å². The first-order valence-corrected chi connectivity index (χ1v) is 14.8. The lowest BCUT2D eigenvalue weighted by molar-refractivity contribution is -0.142. The summed E-state index contributed by atoms with van der Waals surface area (Å²) >= 11 is 0. The lowest BCUT2D eigenvalue weighted by Gasteiger charge is -2.57. The van der Waals surface area contributed by atoms with Crippen LogP contribution in [-0.4, -0.2) is 81.0 Å². The van der Waals surface area contributed by atoms with E-state index in [1.54, 1.807) is 7.11 Å². The van der Waals surface area contributed by atoms with Gasteiger partial charge in [0.15, 0.2) is 0 Å². The Morgan fingerprint density at radius 1 is 0.884 bits per heavy atom. The summed E-state index contributed by atoms with van der Waals surface area (Å²) in [6.07, 6.45) is 2.14. The van der Waals surface area contributed by atoms with Crippen LogP contribution in [0.15, 0.2) is 78.9 Å². The molecule has 2 aliphatic heterocycles. The van der Waals surface area contributed by atoms with Crippen molar-refractivity contribution in [3.63, 3.8) is 0 Å². The molecule has 0 bridgehead atoms. The van der Waals surface area contributed by atoms with Crippen molar-refractivity contribution in [1.29, 1.82) is 0 Å². The Bertz CT molecular complexity index is 1420. The molecule has 0 spiro atoms. The van der Waals surface area contributed by atoms with E-state index in [-0.39, 0.29) is 36.4 Å². The third-order valence-electron chi connectivity index (χ3n) is 8.20. The van der Waals surface area contributed by atoms with Gasteiger partial charge in [-0.25, -0.2) is 4.79 Å². The van der Waals surface area contributed by atoms with Crippen LogP contribution in [0.4, 0.5) is 10.5 Å². The van der Waals surface area contributed by atoms with Crippen LogP contribution in [-0.2, 0) is 14.3 Å². The normalized spacial score (nSPS) is 19.9. The third-order valence-corrected chi connectivity index (χ3v) is 8.20. The number of nitrogens with zero attached hydrogens (tertiary/aromatic N) is 2. The number of anilines is 1. The third kappa shape index (κ3) is 7.75. The molecule has 43 heavy (non-hydrogen) atoms. The molecule has 2 fully saturated rings. The van der Waals surface area contributed by atoms with E-state index in [0.29, 0.717) is 26.3 Å². The van der Waals surface area contributed by atoms with Gasteiger partial charge in [-0.15, -0.1) is 0 Å². The minimum atomic E-state index is -0.278. The zero-order valence-corrected chi connectivity index (χ0v) is 24.8. The average molecular weight is 582 g/mol. The van der Waals surface area contributed by atoms with Crippen molar-refractivity contribution in [3.05, 3.63) is 95.6 Å². The molecule has 3 atom stereocenters. The zero-order chi connectivity index (χ0) is 30.0. The minimum Gasteiger partial charge on any atom is -0.497 e. The number of carbonyl (C=O) groups excluding carboxylic acids is 2. The summed E-state index contributed by atoms with van der Waals surface area (Å²) in [4.78, 5) is 29.4. The average Bonchev–Trinajstić information content (AvgIpc) is 3.03. The Balaban J connectivity index is 1.32. The van der Waals surface area contributed by atoms with Crippen LogP contribution < -0.4 is 10.1 Å². The molecule has 5 rings (SSSR count). The molecule has 2 heterocycles. The van der Waals surface area contributed by atoms with Crippen LogP contribution in [0, 0.1) is 11.8 Å². The second-order valence-corrected chi connectivity index (χ2v) is 10.8. The molecule has 1 N–H and O–H groups in total. The van der Waals surface area contributed by atoms with E-state index in [4.69, 9.17) is 14.2 Å². The Morgan fingerprint density at radius 3 is 2.28 bits per heavy atom. The molecule has 3 aromatic rings. The highest BCUT2D eigenvalue weighted by Crippen LogP contribution is 2.42. The van der Waals surface area contributed by atoms with Crippen molar-refractivity contribution in [2.75, 3.05) is 52.4 Å². The van der Waals surface area contributed by atoms with Gasteiger partial charge in [-0.05, 0) is 73.5 Å². The molecule has 0 radical (unpaired) electrons. The maximum absolute atomic E-state index is 13.4. The van der Waals surface area contributed by atoms with Gasteiger partial charge in [0.25, 0.3) is 0 Å². The highest BCUT2D eigenvalue weighted by atomic mass is 16.5. The molecule has 0 unspecified atom stereocenters. The number of hydrogen-bond acceptors (Lipinski definition) is 6. The molecule has 0 saturated carbocycles. The van der Waals surface area contributed by atoms with Gasteiger partial charge < -0.3 is 24.4 Å². The number of amides is 2. The van der Waals surface area contributed by atoms with E-state index in [0.717, 1.165) is 42.0 Å². The second kappa shape index (κ2) is 14.7. The molecular formula is C35H39N3O5. The highest BCUT2D eigenvalue weighted by molar-refractivity contribution is 5.89. The number of fused-ring (bicyclic) bond motifs is 1. The zero-order valence-electron chi connectivity index (χ0n) is 24.8. The van der Waals surface area contributed by atoms with E-state index >= 15 is 0 Å². The molecule has 0 aliphatic carbocycles. The van der Waals surface area contributed by atoms with Crippen molar-refractivity contribution in [1.82, 2.24) is 9.80 Å². The van der Waals surface area contributed by atoms with E-state index in [1.165, 1.54) is 12.7 Å². The number of ether oxygens (including phenoxy) is 3. The van der Waals surface area contributed by atoms with Crippen LogP contribution in [0.3, 0.4) is 0 Å². The van der Waals surface area contributed by atoms with Crippen LogP contribution in [0.5, 0.6) is 5.75 Å². The van der Waals surface area contributed by atoms with Gasteiger partial charge in [0, 0.05) is 47.9 Å². The van der Waals surface area contributed by atoms with Gasteiger partial charge in [-0.1, -0.05) is 42.2 Å². The molecule has 8 heteroatoms. The first-order valence-electron chi connectivity index (χ1n) is 14.8. The fourth-order valence-corrected chi connectivity index (χ4v) is 5.90.